The molecule has 0 heterocycles. The van der Waals surface area contributed by atoms with Gasteiger partial charge in [-0.2, -0.15) is 0 Å². The summed E-state index contributed by atoms with van der Waals surface area (Å²) in [4.78, 5) is 14.1. The third-order valence-corrected chi connectivity index (χ3v) is 4.48. The van der Waals surface area contributed by atoms with Crippen LogP contribution in [0.4, 0.5) is 0 Å². The zero-order valence-electron chi connectivity index (χ0n) is 13.9. The Labute approximate surface area is 138 Å². The van der Waals surface area contributed by atoms with Gasteiger partial charge in [-0.3, -0.25) is 9.69 Å². The summed E-state index contributed by atoms with van der Waals surface area (Å²) in [5, 5.41) is 22.2. The first-order valence-electron chi connectivity index (χ1n) is 8.55. The normalized spacial score (nSPS) is 21.3. The van der Waals surface area contributed by atoms with E-state index in [0.717, 1.165) is 31.2 Å². The van der Waals surface area contributed by atoms with Crippen LogP contribution in [0.3, 0.4) is 0 Å². The number of aliphatic hydroxyl groups is 1. The highest BCUT2D eigenvalue weighted by Crippen LogP contribution is 2.25. The number of hydrogen-bond donors (Lipinski definition) is 3. The molecule has 3 N–H and O–H groups in total. The molecule has 0 bridgehead atoms. The number of carbonyl (C=O) groups excluding carboxylic acids is 1. The van der Waals surface area contributed by atoms with Gasteiger partial charge in [-0.25, -0.2) is 0 Å². The molecule has 0 unspecified atom stereocenters. The number of nitrogens with zero attached hydrogens (tertiary/aromatic N) is 1. The lowest BCUT2D eigenvalue weighted by Gasteiger charge is -2.35. The van der Waals surface area contributed by atoms with E-state index in [1.54, 1.807) is 12.1 Å². The molecule has 1 aromatic rings. The summed E-state index contributed by atoms with van der Waals surface area (Å²) in [6.45, 7) is 3.99. The number of benzene rings is 1. The molecule has 23 heavy (non-hydrogen) atoms. The molecule has 1 saturated carbocycles. The topological polar surface area (TPSA) is 72.8 Å². The second-order valence-electron chi connectivity index (χ2n) is 6.31. The van der Waals surface area contributed by atoms with Crippen molar-refractivity contribution in [2.45, 2.75) is 57.7 Å². The van der Waals surface area contributed by atoms with Gasteiger partial charge in [0, 0.05) is 32.1 Å². The van der Waals surface area contributed by atoms with Crippen molar-refractivity contribution in [2.24, 2.45) is 0 Å². The minimum absolute atomic E-state index is 0.0734. The second-order valence-corrected chi connectivity index (χ2v) is 6.31. The third kappa shape index (κ3) is 5.84. The Morgan fingerprint density at radius 1 is 1.30 bits per heavy atom. The first-order valence-corrected chi connectivity index (χ1v) is 8.55. The molecule has 2 rings (SSSR count). The molecule has 1 aliphatic carbocycles. The second kappa shape index (κ2) is 8.89. The lowest BCUT2D eigenvalue weighted by Crippen LogP contribution is -2.40. The highest BCUT2D eigenvalue weighted by atomic mass is 16.3. The summed E-state index contributed by atoms with van der Waals surface area (Å²) < 4.78 is 0. The first-order chi connectivity index (χ1) is 11.1. The summed E-state index contributed by atoms with van der Waals surface area (Å²) in [5.74, 6) is 0.342. The van der Waals surface area contributed by atoms with Crippen LogP contribution in [-0.2, 0) is 11.3 Å². The molecule has 128 valence electrons. The van der Waals surface area contributed by atoms with Gasteiger partial charge in [-0.05, 0) is 50.3 Å². The number of hydrogen-bond acceptors (Lipinski definition) is 4. The van der Waals surface area contributed by atoms with Gasteiger partial charge >= 0.3 is 0 Å². The number of aromatic hydroxyl groups is 1. The van der Waals surface area contributed by atoms with Crippen LogP contribution in [0.15, 0.2) is 24.3 Å². The van der Waals surface area contributed by atoms with Crippen LogP contribution in [0, 0.1) is 0 Å². The van der Waals surface area contributed by atoms with Crippen molar-refractivity contribution in [3.05, 3.63) is 29.8 Å². The number of phenolic OH excluding ortho intramolecular Hbond substituents is 1. The van der Waals surface area contributed by atoms with E-state index in [4.69, 9.17) is 0 Å². The van der Waals surface area contributed by atoms with Crippen molar-refractivity contribution in [3.63, 3.8) is 0 Å². The van der Waals surface area contributed by atoms with Crippen molar-refractivity contribution in [1.82, 2.24) is 10.2 Å². The SMILES string of the molecule is CCNC(=O)CCN(Cc1cccc(O)c1)C1CCC(O)CC1. The number of aliphatic hydroxyl groups excluding tert-OH is 1. The smallest absolute Gasteiger partial charge is 0.221 e. The fourth-order valence-electron chi connectivity index (χ4n) is 3.23. The van der Waals surface area contributed by atoms with Crippen LogP contribution in [0.25, 0.3) is 0 Å². The van der Waals surface area contributed by atoms with E-state index in [9.17, 15) is 15.0 Å². The van der Waals surface area contributed by atoms with Gasteiger partial charge in [0.15, 0.2) is 0 Å². The number of amides is 1. The Kier molecular flexibility index (Phi) is 6.86. The lowest BCUT2D eigenvalue weighted by atomic mass is 9.91. The fraction of sp³-hybridized carbons (Fsp3) is 0.611. The number of nitrogens with one attached hydrogen (secondary N) is 1. The third-order valence-electron chi connectivity index (χ3n) is 4.48. The molecule has 0 atom stereocenters. The van der Waals surface area contributed by atoms with E-state index in [-0.39, 0.29) is 17.8 Å². The van der Waals surface area contributed by atoms with Gasteiger partial charge in [0.05, 0.1) is 6.10 Å². The molecule has 0 aromatic heterocycles. The molecule has 1 amide bonds. The fourth-order valence-corrected chi connectivity index (χ4v) is 3.23. The average Bonchev–Trinajstić information content (AvgIpc) is 2.53. The molecule has 5 nitrogen and oxygen atoms in total. The maximum Gasteiger partial charge on any atom is 0.221 e. The average molecular weight is 320 g/mol. The Hall–Kier alpha value is -1.59. The van der Waals surface area contributed by atoms with Gasteiger partial charge in [0.2, 0.25) is 5.91 Å². The summed E-state index contributed by atoms with van der Waals surface area (Å²) in [5.41, 5.74) is 1.05. The predicted octanol–water partition coefficient (Wildman–Crippen LogP) is 2.02. The van der Waals surface area contributed by atoms with Crippen LogP contribution in [0.2, 0.25) is 0 Å². The van der Waals surface area contributed by atoms with E-state index in [0.29, 0.717) is 32.1 Å². The highest BCUT2D eigenvalue weighted by molar-refractivity contribution is 5.75. The summed E-state index contributed by atoms with van der Waals surface area (Å²) >= 11 is 0. The van der Waals surface area contributed by atoms with E-state index >= 15 is 0 Å². The quantitative estimate of drug-likeness (QED) is 0.719. The number of rotatable bonds is 7. The maximum atomic E-state index is 11.8. The summed E-state index contributed by atoms with van der Waals surface area (Å²) in [6.07, 6.45) is 3.85. The van der Waals surface area contributed by atoms with Crippen molar-refractivity contribution in [3.8, 4) is 5.75 Å². The van der Waals surface area contributed by atoms with E-state index < -0.39 is 0 Å². The Morgan fingerprint density at radius 2 is 2.04 bits per heavy atom. The molecule has 1 aromatic carbocycles. The predicted molar refractivity (Wildman–Crippen MR) is 90.1 cm³/mol. The Bertz CT molecular complexity index is 499. The standard InChI is InChI=1S/C18H28N2O3/c1-2-19-18(23)10-11-20(15-6-8-16(21)9-7-15)13-14-4-3-5-17(22)12-14/h3-5,12,15-16,21-22H,2,6-11,13H2,1H3,(H,19,23). The molecule has 5 heteroatoms. The molecule has 0 saturated heterocycles. The molecule has 0 radical (unpaired) electrons. The van der Waals surface area contributed by atoms with Crippen LogP contribution in [0.1, 0.15) is 44.6 Å². The molecular formula is C18H28N2O3. The zero-order valence-corrected chi connectivity index (χ0v) is 13.9. The molecular weight excluding hydrogens is 292 g/mol. The van der Waals surface area contributed by atoms with Crippen molar-refractivity contribution >= 4 is 5.91 Å². The minimum atomic E-state index is -0.183. The summed E-state index contributed by atoms with van der Waals surface area (Å²) in [7, 11) is 0. The molecule has 1 fully saturated rings. The molecule has 1 aliphatic rings. The number of phenols is 1. The van der Waals surface area contributed by atoms with Crippen molar-refractivity contribution in [2.75, 3.05) is 13.1 Å². The van der Waals surface area contributed by atoms with Gasteiger partial charge in [0.1, 0.15) is 5.75 Å². The monoisotopic (exact) mass is 320 g/mol. The Morgan fingerprint density at radius 3 is 2.70 bits per heavy atom. The molecule has 0 spiro atoms. The lowest BCUT2D eigenvalue weighted by molar-refractivity contribution is -0.121. The Balaban J connectivity index is 1.99. The van der Waals surface area contributed by atoms with Crippen LogP contribution in [-0.4, -0.2) is 46.3 Å². The van der Waals surface area contributed by atoms with Gasteiger partial charge in [-0.15, -0.1) is 0 Å². The first kappa shape index (κ1) is 17.8. The van der Waals surface area contributed by atoms with Crippen LogP contribution < -0.4 is 5.32 Å². The zero-order chi connectivity index (χ0) is 16.7. The number of carbonyl (C=O) groups is 1. The highest BCUT2D eigenvalue weighted by Gasteiger charge is 2.25. The van der Waals surface area contributed by atoms with Crippen LogP contribution >= 0.6 is 0 Å². The van der Waals surface area contributed by atoms with Crippen molar-refractivity contribution < 1.29 is 15.0 Å². The van der Waals surface area contributed by atoms with E-state index in [1.165, 1.54) is 0 Å². The van der Waals surface area contributed by atoms with E-state index in [1.807, 2.05) is 19.1 Å². The summed E-state index contributed by atoms with van der Waals surface area (Å²) in [6, 6.07) is 7.67. The minimum Gasteiger partial charge on any atom is -0.508 e. The van der Waals surface area contributed by atoms with Gasteiger partial charge in [0.25, 0.3) is 0 Å². The molecule has 0 aliphatic heterocycles. The van der Waals surface area contributed by atoms with Crippen LogP contribution in [0.5, 0.6) is 5.75 Å². The largest absolute Gasteiger partial charge is 0.508 e. The maximum absolute atomic E-state index is 11.8. The van der Waals surface area contributed by atoms with Gasteiger partial charge < -0.3 is 15.5 Å². The van der Waals surface area contributed by atoms with Gasteiger partial charge in [-0.1, -0.05) is 12.1 Å². The van der Waals surface area contributed by atoms with Crippen molar-refractivity contribution in [1.29, 1.82) is 0 Å². The van der Waals surface area contributed by atoms with E-state index in [2.05, 4.69) is 10.2 Å².